The van der Waals surface area contributed by atoms with Crippen LogP contribution < -0.4 is 10.6 Å². The summed E-state index contributed by atoms with van der Waals surface area (Å²) in [4.78, 5) is 9.46. The van der Waals surface area contributed by atoms with Gasteiger partial charge in [-0.1, -0.05) is 44.2 Å². The van der Waals surface area contributed by atoms with Crippen molar-refractivity contribution in [1.82, 2.24) is 4.98 Å². The number of hydrogen-bond acceptors (Lipinski definition) is 5. The molecule has 0 spiro atoms. The van der Waals surface area contributed by atoms with Crippen molar-refractivity contribution >= 4 is 11.3 Å². The molecule has 3 rings (SSSR count). The first-order valence-electron chi connectivity index (χ1n) is 8.32. The Hall–Kier alpha value is -1.43. The average molecular weight is 332 g/mol. The lowest BCUT2D eigenvalue weighted by molar-refractivity contribution is 0.0300. The molecule has 4 nitrogen and oxygen atoms in total. The van der Waals surface area contributed by atoms with Crippen molar-refractivity contribution in [3.63, 3.8) is 0 Å². The summed E-state index contributed by atoms with van der Waals surface area (Å²) in [6.07, 6.45) is 9.43. The van der Waals surface area contributed by atoms with E-state index in [4.69, 9.17) is 15.5 Å². The Morgan fingerprint density at radius 3 is 2.61 bits per heavy atom. The maximum Gasteiger partial charge on any atom is 0.140 e. The Morgan fingerprint density at radius 2 is 1.96 bits per heavy atom. The number of hydrogen-bond donors (Lipinski definition) is 1. The van der Waals surface area contributed by atoms with E-state index in [1.807, 2.05) is 17.5 Å². The van der Waals surface area contributed by atoms with Gasteiger partial charge in [-0.25, -0.2) is 10.9 Å². The van der Waals surface area contributed by atoms with E-state index in [0.29, 0.717) is 6.61 Å². The molecule has 0 saturated heterocycles. The molecule has 2 N–H and O–H groups in total. The first kappa shape index (κ1) is 16.4. The molecule has 1 aliphatic carbocycles. The predicted molar refractivity (Wildman–Crippen MR) is 92.1 cm³/mol. The van der Waals surface area contributed by atoms with Gasteiger partial charge in [0, 0.05) is 11.6 Å². The third-order valence-electron chi connectivity index (χ3n) is 4.53. The molecule has 1 heterocycles. The van der Waals surface area contributed by atoms with E-state index >= 15 is 0 Å². The molecule has 23 heavy (non-hydrogen) atoms. The Balaban J connectivity index is 1.55. The molecule has 0 bridgehead atoms. The van der Waals surface area contributed by atoms with Gasteiger partial charge in [0.25, 0.3) is 0 Å². The van der Waals surface area contributed by atoms with Crippen LogP contribution in [0.1, 0.15) is 55.2 Å². The zero-order valence-corrected chi connectivity index (χ0v) is 14.1. The minimum absolute atomic E-state index is 0.0221. The number of nitrogens with zero attached hydrogens (tertiary/aromatic N) is 1. The van der Waals surface area contributed by atoms with Crippen LogP contribution in [0.15, 0.2) is 35.8 Å². The Bertz CT molecular complexity index is 565. The molecule has 1 saturated carbocycles. The number of aromatic nitrogens is 1. The summed E-state index contributed by atoms with van der Waals surface area (Å²) in [7, 11) is 0. The van der Waals surface area contributed by atoms with E-state index in [1.165, 1.54) is 32.1 Å². The molecule has 0 radical (unpaired) electrons. The van der Waals surface area contributed by atoms with Crippen LogP contribution in [-0.4, -0.2) is 4.98 Å². The van der Waals surface area contributed by atoms with Crippen molar-refractivity contribution in [1.29, 1.82) is 0 Å². The van der Waals surface area contributed by atoms with E-state index in [9.17, 15) is 0 Å². The van der Waals surface area contributed by atoms with Gasteiger partial charge >= 0.3 is 0 Å². The van der Waals surface area contributed by atoms with Crippen LogP contribution in [0.4, 0.5) is 0 Å². The molecule has 1 aromatic carbocycles. The van der Waals surface area contributed by atoms with E-state index in [1.54, 1.807) is 17.5 Å². The van der Waals surface area contributed by atoms with Crippen molar-refractivity contribution in [3.8, 4) is 5.75 Å². The highest BCUT2D eigenvalue weighted by Gasteiger charge is 2.20. The summed E-state index contributed by atoms with van der Waals surface area (Å²) in [6, 6.07) is 8.07. The van der Waals surface area contributed by atoms with Crippen LogP contribution in [0.3, 0.4) is 0 Å². The van der Waals surface area contributed by atoms with Gasteiger partial charge in [0.2, 0.25) is 0 Å². The monoisotopic (exact) mass is 332 g/mol. The van der Waals surface area contributed by atoms with Crippen molar-refractivity contribution in [2.75, 3.05) is 0 Å². The molecule has 1 fully saturated rings. The molecule has 124 valence electrons. The molecule has 2 aromatic rings. The molecule has 1 unspecified atom stereocenters. The molecule has 1 aliphatic rings. The lowest BCUT2D eigenvalue weighted by Crippen LogP contribution is -2.16. The molecular formula is C18H24N2O2S. The van der Waals surface area contributed by atoms with Crippen LogP contribution >= 0.6 is 11.3 Å². The van der Waals surface area contributed by atoms with Crippen LogP contribution in [-0.2, 0) is 11.4 Å². The van der Waals surface area contributed by atoms with Crippen LogP contribution in [0.2, 0.25) is 0 Å². The molecule has 5 heteroatoms. The van der Waals surface area contributed by atoms with Gasteiger partial charge in [0.1, 0.15) is 23.5 Å². The van der Waals surface area contributed by atoms with Gasteiger partial charge in [-0.2, -0.15) is 0 Å². The maximum absolute atomic E-state index is 5.74. The quantitative estimate of drug-likeness (QED) is 0.751. The largest absolute Gasteiger partial charge is 0.486 e. The Morgan fingerprint density at radius 1 is 1.17 bits per heavy atom. The smallest absolute Gasteiger partial charge is 0.140 e. The van der Waals surface area contributed by atoms with Gasteiger partial charge in [-0.3, -0.25) is 4.84 Å². The molecule has 1 aromatic heterocycles. The third kappa shape index (κ3) is 4.77. The maximum atomic E-state index is 5.74. The minimum atomic E-state index is -0.0221. The summed E-state index contributed by atoms with van der Waals surface area (Å²) in [5.41, 5.74) is 1.12. The van der Waals surface area contributed by atoms with Gasteiger partial charge in [0.05, 0.1) is 0 Å². The summed E-state index contributed by atoms with van der Waals surface area (Å²) in [6.45, 7) is 0.510. The lowest BCUT2D eigenvalue weighted by Gasteiger charge is -2.25. The number of thiazole rings is 1. The highest BCUT2D eigenvalue weighted by atomic mass is 32.1. The lowest BCUT2D eigenvalue weighted by atomic mass is 9.84. The zero-order chi connectivity index (χ0) is 15.9. The minimum Gasteiger partial charge on any atom is -0.486 e. The van der Waals surface area contributed by atoms with E-state index in [-0.39, 0.29) is 6.10 Å². The summed E-state index contributed by atoms with van der Waals surface area (Å²) >= 11 is 1.60. The molecular weight excluding hydrogens is 308 g/mol. The topological polar surface area (TPSA) is 57.4 Å². The predicted octanol–water partition coefficient (Wildman–Crippen LogP) is 4.62. The van der Waals surface area contributed by atoms with Crippen molar-refractivity contribution in [2.24, 2.45) is 11.8 Å². The average Bonchev–Trinajstić information content (AvgIpc) is 3.13. The van der Waals surface area contributed by atoms with Gasteiger partial charge in [-0.15, -0.1) is 11.3 Å². The van der Waals surface area contributed by atoms with Gasteiger partial charge in [0.15, 0.2) is 0 Å². The number of ether oxygens (including phenoxy) is 1. The number of benzene rings is 1. The second-order valence-corrected chi connectivity index (χ2v) is 7.13. The van der Waals surface area contributed by atoms with Crippen molar-refractivity contribution in [2.45, 2.75) is 51.2 Å². The van der Waals surface area contributed by atoms with E-state index in [2.05, 4.69) is 17.1 Å². The standard InChI is InChI=1S/C18H24N2O2S/c19-22-17(12-14-4-2-1-3-5-14)15-6-8-16(9-7-15)21-13-18-20-10-11-23-18/h6-11,14,17H,1-5,12-13,19H2. The third-order valence-corrected chi connectivity index (χ3v) is 5.29. The number of rotatable bonds is 7. The first-order chi connectivity index (χ1) is 11.3. The highest BCUT2D eigenvalue weighted by molar-refractivity contribution is 7.09. The second kappa shape index (κ2) is 8.43. The summed E-state index contributed by atoms with van der Waals surface area (Å²) < 4.78 is 5.74. The second-order valence-electron chi connectivity index (χ2n) is 6.15. The van der Waals surface area contributed by atoms with Gasteiger partial charge in [-0.05, 0) is 30.0 Å². The van der Waals surface area contributed by atoms with Crippen molar-refractivity contribution in [3.05, 3.63) is 46.4 Å². The SMILES string of the molecule is NOC(CC1CCCCC1)c1ccc(OCc2nccs2)cc1. The van der Waals surface area contributed by atoms with Gasteiger partial charge < -0.3 is 4.74 Å². The Kier molecular flexibility index (Phi) is 6.02. The Labute approximate surface area is 141 Å². The summed E-state index contributed by atoms with van der Waals surface area (Å²) in [5, 5.41) is 2.94. The fourth-order valence-corrected chi connectivity index (χ4v) is 3.77. The molecule has 1 atom stereocenters. The zero-order valence-electron chi connectivity index (χ0n) is 13.3. The molecule has 0 aliphatic heterocycles. The highest BCUT2D eigenvalue weighted by Crippen LogP contribution is 2.33. The fourth-order valence-electron chi connectivity index (χ4n) is 3.24. The number of nitrogens with two attached hydrogens (primary N) is 1. The summed E-state index contributed by atoms with van der Waals surface area (Å²) in [5.74, 6) is 7.12. The van der Waals surface area contributed by atoms with Crippen LogP contribution in [0.5, 0.6) is 5.75 Å². The normalized spacial score (nSPS) is 17.1. The van der Waals surface area contributed by atoms with Crippen LogP contribution in [0.25, 0.3) is 0 Å². The van der Waals surface area contributed by atoms with E-state index in [0.717, 1.165) is 28.7 Å². The fraction of sp³-hybridized carbons (Fsp3) is 0.500. The van der Waals surface area contributed by atoms with Crippen molar-refractivity contribution < 1.29 is 9.57 Å². The van der Waals surface area contributed by atoms with Crippen LogP contribution in [0, 0.1) is 5.92 Å². The first-order valence-corrected chi connectivity index (χ1v) is 9.20. The molecule has 0 amide bonds. The van der Waals surface area contributed by atoms with E-state index < -0.39 is 0 Å².